The first-order valence-electron chi connectivity index (χ1n) is 11.5. The van der Waals surface area contributed by atoms with Crippen molar-refractivity contribution in [1.29, 1.82) is 0 Å². The highest BCUT2D eigenvalue weighted by molar-refractivity contribution is 5.83. The number of carboxylic acid groups (broad SMARTS) is 1. The number of hydrogen-bond acceptors (Lipinski definition) is 3. The summed E-state index contributed by atoms with van der Waals surface area (Å²) < 4.78 is 29.9. The van der Waals surface area contributed by atoms with E-state index in [0.29, 0.717) is 37.6 Å². The molecule has 1 aliphatic heterocycles. The summed E-state index contributed by atoms with van der Waals surface area (Å²) in [6, 6.07) is 11.2. The third-order valence-corrected chi connectivity index (χ3v) is 6.17. The number of hydrogen-bond donors (Lipinski definition) is 2. The molecule has 7 heteroatoms. The molecule has 5 nitrogen and oxygen atoms in total. The second kappa shape index (κ2) is 11.4. The molecule has 33 heavy (non-hydrogen) atoms. The number of aliphatic hydroxyl groups excluding tert-OH is 1. The van der Waals surface area contributed by atoms with Crippen LogP contribution in [0, 0.1) is 0 Å². The number of benzene rings is 2. The number of aliphatic hydroxyl groups is 1. The van der Waals surface area contributed by atoms with Crippen LogP contribution in [0.1, 0.15) is 56.9 Å². The van der Waals surface area contributed by atoms with E-state index in [0.717, 1.165) is 30.7 Å². The predicted octanol–water partition coefficient (Wildman–Crippen LogP) is 5.26. The maximum absolute atomic E-state index is 15.0. The van der Waals surface area contributed by atoms with Crippen molar-refractivity contribution in [2.24, 2.45) is 0 Å². The minimum Gasteiger partial charge on any atom is -0.481 e. The zero-order chi connectivity index (χ0) is 23.8. The van der Waals surface area contributed by atoms with Gasteiger partial charge < -0.3 is 15.1 Å². The first-order chi connectivity index (χ1) is 15.8. The van der Waals surface area contributed by atoms with Crippen LogP contribution in [-0.2, 0) is 15.5 Å². The van der Waals surface area contributed by atoms with Gasteiger partial charge in [0, 0.05) is 24.9 Å². The van der Waals surface area contributed by atoms with Gasteiger partial charge in [0.2, 0.25) is 5.91 Å². The molecule has 0 aliphatic carbocycles. The molecule has 2 atom stereocenters. The Balaban J connectivity index is 1.62. The lowest BCUT2D eigenvalue weighted by Gasteiger charge is -2.34. The molecule has 1 aliphatic rings. The molecule has 3 rings (SSSR count). The van der Waals surface area contributed by atoms with E-state index >= 15 is 0 Å². The number of fused-ring (bicyclic) bond motifs is 1. The number of amides is 1. The molecular weight excluding hydrogens is 428 g/mol. The molecular formula is C26H31F2NO4. The van der Waals surface area contributed by atoms with E-state index in [9.17, 15) is 23.5 Å². The van der Waals surface area contributed by atoms with Crippen LogP contribution in [0.2, 0.25) is 0 Å². The fraction of sp³-hybridized carbons (Fsp3) is 0.462. The molecule has 0 saturated carbocycles. The van der Waals surface area contributed by atoms with Crippen molar-refractivity contribution in [3.05, 3.63) is 60.2 Å². The Labute approximate surface area is 192 Å². The second-order valence-electron chi connectivity index (χ2n) is 8.62. The molecule has 1 saturated heterocycles. The summed E-state index contributed by atoms with van der Waals surface area (Å²) in [5.41, 5.74) is -0.253. The molecule has 2 aromatic carbocycles. The summed E-state index contributed by atoms with van der Waals surface area (Å²) >= 11 is 0. The van der Waals surface area contributed by atoms with Gasteiger partial charge in [0.1, 0.15) is 6.10 Å². The summed E-state index contributed by atoms with van der Waals surface area (Å²) in [5.74, 6) is -4.29. The van der Waals surface area contributed by atoms with Crippen LogP contribution >= 0.6 is 0 Å². The average Bonchev–Trinajstić information content (AvgIpc) is 2.80. The van der Waals surface area contributed by atoms with Crippen LogP contribution in [0.3, 0.4) is 0 Å². The molecule has 2 aromatic rings. The lowest BCUT2D eigenvalue weighted by molar-refractivity contribution is -0.137. The lowest BCUT2D eigenvalue weighted by Crippen LogP contribution is -2.43. The van der Waals surface area contributed by atoms with Crippen LogP contribution < -0.4 is 0 Å². The van der Waals surface area contributed by atoms with Crippen molar-refractivity contribution in [2.75, 3.05) is 6.54 Å². The minimum absolute atomic E-state index is 0.0165. The summed E-state index contributed by atoms with van der Waals surface area (Å²) in [6.45, 7) is 0.498. The molecule has 0 aromatic heterocycles. The molecule has 1 fully saturated rings. The summed E-state index contributed by atoms with van der Waals surface area (Å²) in [7, 11) is 0. The van der Waals surface area contributed by atoms with E-state index in [-0.39, 0.29) is 23.9 Å². The first-order valence-corrected chi connectivity index (χ1v) is 11.5. The number of aliphatic carboxylic acids is 1. The molecule has 0 spiro atoms. The van der Waals surface area contributed by atoms with Gasteiger partial charge in [0.05, 0.1) is 6.04 Å². The summed E-state index contributed by atoms with van der Waals surface area (Å²) in [5, 5.41) is 20.5. The molecule has 0 radical (unpaired) electrons. The van der Waals surface area contributed by atoms with Gasteiger partial charge in [0.15, 0.2) is 0 Å². The number of carbonyl (C=O) groups excluding carboxylic acids is 1. The van der Waals surface area contributed by atoms with E-state index in [1.807, 2.05) is 12.1 Å². The Bertz CT molecular complexity index is 991. The molecule has 1 amide bonds. The van der Waals surface area contributed by atoms with Crippen molar-refractivity contribution in [3.8, 4) is 0 Å². The average molecular weight is 460 g/mol. The number of carbonyl (C=O) groups is 2. The van der Waals surface area contributed by atoms with E-state index in [1.165, 1.54) is 18.2 Å². The van der Waals surface area contributed by atoms with Crippen LogP contribution in [0.15, 0.2) is 54.6 Å². The van der Waals surface area contributed by atoms with Gasteiger partial charge in [0.25, 0.3) is 0 Å². The van der Waals surface area contributed by atoms with Gasteiger partial charge in [-0.3, -0.25) is 9.59 Å². The Morgan fingerprint density at radius 2 is 1.85 bits per heavy atom. The van der Waals surface area contributed by atoms with Crippen LogP contribution in [0.25, 0.3) is 10.8 Å². The van der Waals surface area contributed by atoms with Crippen LogP contribution in [0.5, 0.6) is 0 Å². The Morgan fingerprint density at radius 3 is 2.61 bits per heavy atom. The lowest BCUT2D eigenvalue weighted by atomic mass is 9.96. The monoisotopic (exact) mass is 459 g/mol. The zero-order valence-corrected chi connectivity index (χ0v) is 18.6. The highest BCUT2D eigenvalue weighted by Gasteiger charge is 2.39. The van der Waals surface area contributed by atoms with Gasteiger partial charge in [-0.15, -0.1) is 0 Å². The van der Waals surface area contributed by atoms with E-state index < -0.39 is 18.0 Å². The maximum Gasteiger partial charge on any atom is 0.303 e. The number of halogens is 2. The number of likely N-dealkylation sites (tertiary alicyclic amines) is 1. The normalized spacial score (nSPS) is 18.2. The van der Waals surface area contributed by atoms with Gasteiger partial charge in [-0.05, 0) is 42.5 Å². The number of nitrogens with zero attached hydrogens (tertiary/aromatic N) is 1. The minimum atomic E-state index is -3.46. The largest absolute Gasteiger partial charge is 0.481 e. The van der Waals surface area contributed by atoms with Crippen molar-refractivity contribution in [3.63, 3.8) is 0 Å². The molecule has 178 valence electrons. The van der Waals surface area contributed by atoms with E-state index in [4.69, 9.17) is 5.11 Å². The third-order valence-electron chi connectivity index (χ3n) is 6.17. The quantitative estimate of drug-likeness (QED) is 0.355. The van der Waals surface area contributed by atoms with Gasteiger partial charge >= 0.3 is 11.9 Å². The Kier molecular flexibility index (Phi) is 8.55. The highest BCUT2D eigenvalue weighted by Crippen LogP contribution is 2.34. The fourth-order valence-corrected chi connectivity index (χ4v) is 4.27. The highest BCUT2D eigenvalue weighted by atomic mass is 19.3. The third kappa shape index (κ3) is 6.60. The molecule has 1 heterocycles. The second-order valence-corrected chi connectivity index (χ2v) is 8.62. The molecule has 0 unspecified atom stereocenters. The number of alkyl halides is 2. The summed E-state index contributed by atoms with van der Waals surface area (Å²) in [4.78, 5) is 24.7. The first kappa shape index (κ1) is 24.8. The Morgan fingerprint density at radius 1 is 1.12 bits per heavy atom. The number of unbranched alkanes of at least 4 members (excludes halogenated alkanes) is 3. The van der Waals surface area contributed by atoms with Gasteiger partial charge in [-0.2, -0.15) is 8.78 Å². The fourth-order valence-electron chi connectivity index (χ4n) is 4.27. The van der Waals surface area contributed by atoms with Gasteiger partial charge in [-0.1, -0.05) is 61.4 Å². The maximum atomic E-state index is 15.0. The van der Waals surface area contributed by atoms with Gasteiger partial charge in [-0.25, -0.2) is 0 Å². The van der Waals surface area contributed by atoms with Crippen molar-refractivity contribution < 1.29 is 28.6 Å². The van der Waals surface area contributed by atoms with Crippen LogP contribution in [-0.4, -0.2) is 45.7 Å². The van der Waals surface area contributed by atoms with Crippen molar-refractivity contribution >= 4 is 22.6 Å². The van der Waals surface area contributed by atoms with E-state index in [1.54, 1.807) is 23.1 Å². The summed E-state index contributed by atoms with van der Waals surface area (Å²) in [6.07, 6.45) is 5.44. The number of piperidine rings is 1. The van der Waals surface area contributed by atoms with E-state index in [2.05, 4.69) is 0 Å². The smallest absolute Gasteiger partial charge is 0.303 e. The SMILES string of the molecule is O=C(O)CCCCCCN1C(=O)CCC[C@@H]1/C=C/[C@H](O)C(F)(F)c1ccc2ccccc2c1. The Hall–Kier alpha value is -2.80. The predicted molar refractivity (Wildman–Crippen MR) is 123 cm³/mol. The van der Waals surface area contributed by atoms with Crippen LogP contribution in [0.4, 0.5) is 8.78 Å². The topological polar surface area (TPSA) is 77.8 Å². The zero-order valence-electron chi connectivity index (χ0n) is 18.6. The number of carboxylic acids is 1. The molecule has 2 N–H and O–H groups in total. The molecule has 0 bridgehead atoms. The van der Waals surface area contributed by atoms with Crippen molar-refractivity contribution in [2.45, 2.75) is 69.4 Å². The standard InChI is InChI=1S/C26H31F2NO4/c27-26(28,21-14-13-19-8-4-5-9-20(19)18-21)23(30)16-15-22-10-7-11-24(31)29(22)17-6-2-1-3-12-25(32)33/h4-5,8-9,13-16,18,22-23,30H,1-3,6-7,10-12,17H2,(H,32,33)/b16-15+/t22-,23+/m1/s1. The van der Waals surface area contributed by atoms with Crippen molar-refractivity contribution in [1.82, 2.24) is 4.90 Å². The number of rotatable bonds is 11.